The van der Waals surface area contributed by atoms with Crippen LogP contribution in [0.15, 0.2) is 0 Å². The fraction of sp³-hybridized carbons (Fsp3) is 0.818. The number of hydrogen-bond acceptors (Lipinski definition) is 2. The first-order valence-corrected chi connectivity index (χ1v) is 6.29. The highest BCUT2D eigenvalue weighted by molar-refractivity contribution is 8.03. The fourth-order valence-electron chi connectivity index (χ4n) is 1.37. The lowest BCUT2D eigenvalue weighted by Crippen LogP contribution is -2.24. The Labute approximate surface area is 86.3 Å². The number of piperidine rings is 1. The number of rotatable bonds is 3. The van der Waals surface area contributed by atoms with Crippen molar-refractivity contribution in [2.24, 2.45) is 0 Å². The van der Waals surface area contributed by atoms with Gasteiger partial charge in [-0.3, -0.25) is 0 Å². The largest absolute Gasteiger partial charge is 0.332 e. The molecule has 0 aromatic carbocycles. The van der Waals surface area contributed by atoms with E-state index >= 15 is 0 Å². The fourth-order valence-corrected chi connectivity index (χ4v) is 2.10. The van der Waals surface area contributed by atoms with E-state index in [9.17, 15) is 0 Å². The van der Waals surface area contributed by atoms with Crippen LogP contribution in [-0.4, -0.2) is 23.7 Å². The van der Waals surface area contributed by atoms with E-state index in [0.717, 1.165) is 0 Å². The summed E-state index contributed by atoms with van der Waals surface area (Å²) in [6.45, 7) is 4.58. The van der Waals surface area contributed by atoms with E-state index in [0.29, 0.717) is 0 Å². The molecule has 1 aliphatic heterocycles. The van der Waals surface area contributed by atoms with Crippen LogP contribution in [0.1, 0.15) is 39.0 Å². The summed E-state index contributed by atoms with van der Waals surface area (Å²) in [5.74, 6) is 1.19. The Hall–Kier alpha value is -0.290. The second-order valence-corrected chi connectivity index (χ2v) is 4.36. The normalized spacial score (nSPS) is 16.5. The van der Waals surface area contributed by atoms with Crippen LogP contribution in [0.2, 0.25) is 0 Å². The van der Waals surface area contributed by atoms with Gasteiger partial charge in [-0.05, 0) is 30.9 Å². The summed E-state index contributed by atoms with van der Waals surface area (Å²) in [6, 6.07) is 3.23. The van der Waals surface area contributed by atoms with E-state index < -0.39 is 0 Å². The van der Waals surface area contributed by atoms with Crippen molar-refractivity contribution in [3.05, 3.63) is 0 Å². The minimum atomic E-state index is 1.18. The molecule has 0 amide bonds. The molecule has 0 radical (unpaired) electrons. The van der Waals surface area contributed by atoms with Gasteiger partial charge < -0.3 is 4.90 Å². The van der Waals surface area contributed by atoms with Gasteiger partial charge in [-0.15, -0.1) is 0 Å². The SMILES string of the molecule is CCCCSC#CN1CCCCC1. The van der Waals surface area contributed by atoms with Crippen molar-refractivity contribution in [1.82, 2.24) is 4.90 Å². The van der Waals surface area contributed by atoms with Crippen molar-refractivity contribution in [1.29, 1.82) is 0 Å². The molecule has 1 fully saturated rings. The second-order valence-electron chi connectivity index (χ2n) is 3.46. The second kappa shape index (κ2) is 7.15. The van der Waals surface area contributed by atoms with Crippen LogP contribution in [-0.2, 0) is 0 Å². The predicted octanol–water partition coefficient (Wildman–Crippen LogP) is 2.92. The van der Waals surface area contributed by atoms with Gasteiger partial charge in [0.15, 0.2) is 0 Å². The lowest BCUT2D eigenvalue weighted by atomic mass is 10.1. The zero-order valence-electron chi connectivity index (χ0n) is 8.51. The van der Waals surface area contributed by atoms with Crippen molar-refractivity contribution in [2.45, 2.75) is 39.0 Å². The van der Waals surface area contributed by atoms with Crippen LogP contribution in [0.3, 0.4) is 0 Å². The third-order valence-electron chi connectivity index (χ3n) is 2.23. The summed E-state index contributed by atoms with van der Waals surface area (Å²) >= 11 is 1.77. The van der Waals surface area contributed by atoms with Crippen LogP contribution in [0.5, 0.6) is 0 Å². The van der Waals surface area contributed by atoms with Crippen molar-refractivity contribution in [3.63, 3.8) is 0 Å². The van der Waals surface area contributed by atoms with E-state index in [1.807, 2.05) is 0 Å². The Morgan fingerprint density at radius 3 is 2.69 bits per heavy atom. The van der Waals surface area contributed by atoms with Crippen molar-refractivity contribution >= 4 is 11.8 Å². The molecule has 0 spiro atoms. The number of hydrogen-bond donors (Lipinski definition) is 0. The molecule has 13 heavy (non-hydrogen) atoms. The molecule has 1 saturated heterocycles. The number of unbranched alkanes of at least 4 members (excludes halogenated alkanes) is 1. The molecule has 1 aliphatic rings. The Morgan fingerprint density at radius 1 is 1.23 bits per heavy atom. The Kier molecular flexibility index (Phi) is 5.93. The first-order valence-electron chi connectivity index (χ1n) is 5.31. The molecule has 0 aliphatic carbocycles. The molecule has 0 N–H and O–H groups in total. The summed E-state index contributed by atoms with van der Waals surface area (Å²) in [4.78, 5) is 2.27. The minimum Gasteiger partial charge on any atom is -0.332 e. The van der Waals surface area contributed by atoms with Gasteiger partial charge in [0.05, 0.1) is 0 Å². The molecule has 2 heteroatoms. The summed E-state index contributed by atoms with van der Waals surface area (Å²) in [7, 11) is 0. The molecule has 74 valence electrons. The highest BCUT2D eigenvalue weighted by atomic mass is 32.2. The average molecular weight is 197 g/mol. The van der Waals surface area contributed by atoms with Crippen LogP contribution in [0.4, 0.5) is 0 Å². The van der Waals surface area contributed by atoms with E-state index in [1.54, 1.807) is 11.8 Å². The van der Waals surface area contributed by atoms with Gasteiger partial charge in [0, 0.05) is 24.9 Å². The van der Waals surface area contributed by atoms with Gasteiger partial charge in [0.2, 0.25) is 0 Å². The van der Waals surface area contributed by atoms with Crippen LogP contribution >= 0.6 is 11.8 Å². The van der Waals surface area contributed by atoms with Gasteiger partial charge in [-0.25, -0.2) is 0 Å². The molecule has 0 saturated carbocycles. The average Bonchev–Trinajstić information content (AvgIpc) is 2.19. The number of thioether (sulfide) groups is 1. The lowest BCUT2D eigenvalue weighted by molar-refractivity contribution is 0.327. The maximum absolute atomic E-state index is 3.23. The third-order valence-corrected chi connectivity index (χ3v) is 2.96. The third kappa shape index (κ3) is 5.10. The molecule has 0 aromatic heterocycles. The molecular formula is C11H19NS. The Morgan fingerprint density at radius 2 is 2.00 bits per heavy atom. The van der Waals surface area contributed by atoms with E-state index in [4.69, 9.17) is 0 Å². The molecule has 1 rings (SSSR count). The van der Waals surface area contributed by atoms with E-state index in [-0.39, 0.29) is 0 Å². The molecular weight excluding hydrogens is 178 g/mol. The van der Waals surface area contributed by atoms with Crippen molar-refractivity contribution in [2.75, 3.05) is 18.8 Å². The standard InChI is InChI=1S/C11H19NS/c1-2-3-10-13-11-9-12-7-5-4-6-8-12/h2-8,10H2,1H3. The highest BCUT2D eigenvalue weighted by Crippen LogP contribution is 2.08. The molecule has 0 atom stereocenters. The van der Waals surface area contributed by atoms with Gasteiger partial charge in [-0.1, -0.05) is 25.1 Å². The highest BCUT2D eigenvalue weighted by Gasteiger charge is 2.04. The lowest BCUT2D eigenvalue weighted by Gasteiger charge is -2.21. The first kappa shape index (κ1) is 10.8. The summed E-state index contributed by atoms with van der Waals surface area (Å²) < 4.78 is 0. The van der Waals surface area contributed by atoms with Gasteiger partial charge in [0.25, 0.3) is 0 Å². The summed E-state index contributed by atoms with van der Waals surface area (Å²) in [5.41, 5.74) is 0. The van der Waals surface area contributed by atoms with Crippen LogP contribution in [0.25, 0.3) is 0 Å². The molecule has 1 nitrogen and oxygen atoms in total. The first-order chi connectivity index (χ1) is 6.43. The molecule has 0 unspecified atom stereocenters. The topological polar surface area (TPSA) is 3.24 Å². The van der Waals surface area contributed by atoms with Gasteiger partial charge in [0.1, 0.15) is 0 Å². The molecule has 1 heterocycles. The van der Waals surface area contributed by atoms with Gasteiger partial charge >= 0.3 is 0 Å². The van der Waals surface area contributed by atoms with Crippen LogP contribution in [0, 0.1) is 11.3 Å². The maximum atomic E-state index is 3.23. The van der Waals surface area contributed by atoms with Crippen molar-refractivity contribution < 1.29 is 0 Å². The van der Waals surface area contributed by atoms with E-state index in [1.165, 1.54) is 50.9 Å². The number of likely N-dealkylation sites (tertiary alicyclic amines) is 1. The summed E-state index contributed by atoms with van der Waals surface area (Å²) in [6.07, 6.45) is 6.61. The smallest absolute Gasteiger partial charge is 0.0260 e. The maximum Gasteiger partial charge on any atom is 0.0260 e. The zero-order chi connectivity index (χ0) is 9.36. The Bertz CT molecular complexity index is 174. The zero-order valence-corrected chi connectivity index (χ0v) is 9.33. The molecule has 0 bridgehead atoms. The van der Waals surface area contributed by atoms with Gasteiger partial charge in [-0.2, -0.15) is 0 Å². The van der Waals surface area contributed by atoms with Crippen molar-refractivity contribution in [3.8, 4) is 11.3 Å². The van der Waals surface area contributed by atoms with Crippen LogP contribution < -0.4 is 0 Å². The Balaban J connectivity index is 2.06. The van der Waals surface area contributed by atoms with E-state index in [2.05, 4.69) is 23.1 Å². The predicted molar refractivity (Wildman–Crippen MR) is 60.6 cm³/mol. The summed E-state index contributed by atoms with van der Waals surface area (Å²) in [5, 5.41) is 3.18. The number of nitrogens with zero attached hydrogens (tertiary/aromatic N) is 1. The monoisotopic (exact) mass is 197 g/mol. The molecule has 0 aromatic rings. The minimum absolute atomic E-state index is 1.18. The quantitative estimate of drug-likeness (QED) is 0.505.